The molecule has 1 aliphatic rings. The highest BCUT2D eigenvalue weighted by molar-refractivity contribution is 5.36. The van der Waals surface area contributed by atoms with Crippen LogP contribution in [0, 0.1) is 12.8 Å². The van der Waals surface area contributed by atoms with E-state index in [0.717, 1.165) is 5.56 Å². The molecule has 0 spiro atoms. The van der Waals surface area contributed by atoms with E-state index in [0.29, 0.717) is 5.56 Å². The second-order valence-electron chi connectivity index (χ2n) is 3.59. The van der Waals surface area contributed by atoms with Crippen molar-refractivity contribution >= 4 is 0 Å². The monoisotopic (exact) mass is 196 g/mol. The third-order valence-electron chi connectivity index (χ3n) is 2.67. The third kappa shape index (κ3) is 1.35. The summed E-state index contributed by atoms with van der Waals surface area (Å²) in [6, 6.07) is 6.80. The van der Waals surface area contributed by atoms with E-state index >= 15 is 0 Å². The molecule has 0 aromatic heterocycles. The molecule has 3 N–H and O–H groups in total. The van der Waals surface area contributed by atoms with Gasteiger partial charge in [-0.1, -0.05) is 29.8 Å². The smallest absolute Gasteiger partial charge is 0.0567 e. The van der Waals surface area contributed by atoms with E-state index in [-0.39, 0.29) is 6.54 Å². The molecule has 2 rings (SSSR count). The summed E-state index contributed by atoms with van der Waals surface area (Å²) < 4.78 is 38.8. The standard InChI is InChI=1S/C12H17NO/c1-9-2-4-10(5-3-9)12(8-13)6-11(12)7-14/h2-5,11,14H,6-8,13H2,1H3/t11-,12+/m0/s1/i6D2,7D2,11D. The summed E-state index contributed by atoms with van der Waals surface area (Å²) in [6.45, 7) is -1.34. The van der Waals surface area contributed by atoms with Crippen LogP contribution >= 0.6 is 0 Å². The molecule has 0 aliphatic heterocycles. The third-order valence-corrected chi connectivity index (χ3v) is 2.67. The Balaban J connectivity index is 2.60. The summed E-state index contributed by atoms with van der Waals surface area (Å²) >= 11 is 0. The maximum absolute atomic E-state index is 9.59. The average Bonchev–Trinajstić information content (AvgIpc) is 2.71. The van der Waals surface area contributed by atoms with Gasteiger partial charge >= 0.3 is 0 Å². The molecule has 0 unspecified atom stereocenters. The largest absolute Gasteiger partial charge is 0.396 e. The van der Waals surface area contributed by atoms with Gasteiger partial charge in [-0.3, -0.25) is 0 Å². The Hall–Kier alpha value is -0.860. The summed E-state index contributed by atoms with van der Waals surface area (Å²) in [5.74, 6) is -2.31. The maximum Gasteiger partial charge on any atom is 0.0567 e. The van der Waals surface area contributed by atoms with Crippen LogP contribution in [0.15, 0.2) is 24.3 Å². The molecule has 2 atom stereocenters. The Labute approximate surface area is 91.8 Å². The quantitative estimate of drug-likeness (QED) is 0.763. The van der Waals surface area contributed by atoms with Crippen molar-refractivity contribution in [1.82, 2.24) is 0 Å². The molecule has 0 heterocycles. The van der Waals surface area contributed by atoms with E-state index in [1.54, 1.807) is 24.3 Å². The van der Waals surface area contributed by atoms with Crippen molar-refractivity contribution in [3.8, 4) is 0 Å². The zero-order valence-electron chi connectivity index (χ0n) is 13.0. The lowest BCUT2D eigenvalue weighted by Crippen LogP contribution is -2.23. The fourth-order valence-corrected chi connectivity index (χ4v) is 1.63. The van der Waals surface area contributed by atoms with E-state index < -0.39 is 24.2 Å². The summed E-state index contributed by atoms with van der Waals surface area (Å²) in [5, 5.41) is 9.59. The minimum Gasteiger partial charge on any atom is -0.396 e. The van der Waals surface area contributed by atoms with Gasteiger partial charge in [-0.2, -0.15) is 0 Å². The number of nitrogens with two attached hydrogens (primary N) is 1. The number of benzene rings is 1. The molecule has 1 aromatic carbocycles. The Kier molecular flexibility index (Phi) is 1.27. The second kappa shape index (κ2) is 3.37. The summed E-state index contributed by atoms with van der Waals surface area (Å²) in [7, 11) is 0. The molecular weight excluding hydrogens is 174 g/mol. The highest BCUT2D eigenvalue weighted by Gasteiger charge is 2.53. The number of aryl methyl sites for hydroxylation is 1. The Morgan fingerprint density at radius 2 is 2.36 bits per heavy atom. The lowest BCUT2D eigenvalue weighted by Gasteiger charge is -2.15. The van der Waals surface area contributed by atoms with E-state index in [1.165, 1.54) is 0 Å². The second-order valence-corrected chi connectivity index (χ2v) is 3.59. The molecule has 0 bridgehead atoms. The average molecular weight is 196 g/mol. The van der Waals surface area contributed by atoms with Crippen LogP contribution in [-0.2, 0) is 5.41 Å². The van der Waals surface area contributed by atoms with Crippen LogP contribution in [0.1, 0.15) is 24.4 Å². The van der Waals surface area contributed by atoms with Gasteiger partial charge in [0.2, 0.25) is 0 Å². The van der Waals surface area contributed by atoms with Gasteiger partial charge in [0.1, 0.15) is 0 Å². The molecule has 1 fully saturated rings. The number of hydrogen-bond donors (Lipinski definition) is 2. The van der Waals surface area contributed by atoms with E-state index in [4.69, 9.17) is 12.6 Å². The normalized spacial score (nSPS) is 45.5. The highest BCUT2D eigenvalue weighted by Crippen LogP contribution is 2.53. The highest BCUT2D eigenvalue weighted by atomic mass is 16.3. The molecule has 2 heteroatoms. The van der Waals surface area contributed by atoms with E-state index in [2.05, 4.69) is 0 Å². The molecule has 1 saturated carbocycles. The van der Waals surface area contributed by atoms with Gasteiger partial charge in [0.25, 0.3) is 0 Å². The molecular formula is C12H17NO. The number of aliphatic hydroxyl groups is 1. The fraction of sp³-hybridized carbons (Fsp3) is 0.500. The zero-order chi connectivity index (χ0) is 14.7. The van der Waals surface area contributed by atoms with Crippen molar-refractivity contribution in [2.45, 2.75) is 18.7 Å². The van der Waals surface area contributed by atoms with Crippen LogP contribution in [0.3, 0.4) is 0 Å². The fourth-order valence-electron chi connectivity index (χ4n) is 1.63. The van der Waals surface area contributed by atoms with Gasteiger partial charge in [-0.25, -0.2) is 0 Å². The Morgan fingerprint density at radius 1 is 1.71 bits per heavy atom. The molecule has 2 nitrogen and oxygen atoms in total. The van der Waals surface area contributed by atoms with Gasteiger partial charge in [0.15, 0.2) is 0 Å². The van der Waals surface area contributed by atoms with Gasteiger partial charge in [0.05, 0.1) is 2.74 Å². The Morgan fingerprint density at radius 3 is 2.79 bits per heavy atom. The topological polar surface area (TPSA) is 46.2 Å². The van der Waals surface area contributed by atoms with Crippen molar-refractivity contribution in [3.63, 3.8) is 0 Å². The lowest BCUT2D eigenvalue weighted by atomic mass is 9.93. The predicted octanol–water partition coefficient (Wildman–Crippen LogP) is 1.20. The summed E-state index contributed by atoms with van der Waals surface area (Å²) in [4.78, 5) is 0. The van der Waals surface area contributed by atoms with Crippen molar-refractivity contribution < 1.29 is 12.0 Å². The van der Waals surface area contributed by atoms with Crippen LogP contribution in [-0.4, -0.2) is 18.2 Å². The van der Waals surface area contributed by atoms with Crippen LogP contribution in [0.2, 0.25) is 0 Å². The summed E-state index contributed by atoms with van der Waals surface area (Å²) in [5.41, 5.74) is 5.53. The van der Waals surface area contributed by atoms with Gasteiger partial charge < -0.3 is 10.8 Å². The maximum atomic E-state index is 9.59. The number of hydrogen-bond acceptors (Lipinski definition) is 2. The first-order valence-electron chi connectivity index (χ1n) is 7.06. The van der Waals surface area contributed by atoms with Crippen LogP contribution in [0.5, 0.6) is 0 Å². The first kappa shape index (κ1) is 5.29. The van der Waals surface area contributed by atoms with Gasteiger partial charge in [0, 0.05) is 22.6 Å². The molecule has 0 saturated heterocycles. The first-order valence-corrected chi connectivity index (χ1v) is 4.56. The number of rotatable bonds is 3. The lowest BCUT2D eigenvalue weighted by molar-refractivity contribution is 0.264. The molecule has 1 aromatic rings. The first-order chi connectivity index (χ1) is 8.56. The molecule has 1 aliphatic carbocycles. The van der Waals surface area contributed by atoms with E-state index in [9.17, 15) is 5.11 Å². The van der Waals surface area contributed by atoms with Crippen LogP contribution in [0.25, 0.3) is 0 Å². The molecule has 0 amide bonds. The van der Waals surface area contributed by atoms with Gasteiger partial charge in [-0.15, -0.1) is 0 Å². The zero-order valence-corrected chi connectivity index (χ0v) is 8.04. The minimum absolute atomic E-state index is 0.243. The van der Waals surface area contributed by atoms with Crippen molar-refractivity contribution in [3.05, 3.63) is 35.4 Å². The predicted molar refractivity (Wildman–Crippen MR) is 57.1 cm³/mol. The molecule has 14 heavy (non-hydrogen) atoms. The van der Waals surface area contributed by atoms with Gasteiger partial charge in [-0.05, 0) is 24.8 Å². The SMILES string of the molecule is [2H]C([2H])(O)[C@]1([2H])C([2H])([2H])[C@@]1(CN)c1ccc(C)cc1. The van der Waals surface area contributed by atoms with Crippen molar-refractivity contribution in [2.24, 2.45) is 11.6 Å². The van der Waals surface area contributed by atoms with Crippen molar-refractivity contribution in [2.75, 3.05) is 13.1 Å². The minimum atomic E-state index is -2.97. The van der Waals surface area contributed by atoms with Crippen LogP contribution < -0.4 is 5.73 Å². The van der Waals surface area contributed by atoms with E-state index in [1.807, 2.05) is 6.92 Å². The molecule has 76 valence electrons. The molecule has 0 radical (unpaired) electrons. The summed E-state index contributed by atoms with van der Waals surface area (Å²) in [6.07, 6.45) is -2.23. The van der Waals surface area contributed by atoms with Crippen LogP contribution in [0.4, 0.5) is 0 Å². The Bertz CT molecular complexity index is 498. The van der Waals surface area contributed by atoms with Crippen molar-refractivity contribution in [1.29, 1.82) is 0 Å².